The highest BCUT2D eigenvalue weighted by Gasteiger charge is 2.63. The standard InChI is InChI=1S/C23H29F2N9O2S/c1-15-9-16-10-27-21(29-17-3-7-34(8-4-17)37(35,36)18-5-6-32(2)31-18)30-19(16)20(28-15)33-13-22(11-26-12-22)23(24,25)14-33/h5-6,9-10,17,26H,3-4,7-8,11-14H2,1-2H3,(H,27,29,30). The molecule has 3 saturated heterocycles. The number of rotatable bonds is 5. The molecule has 0 aliphatic carbocycles. The summed E-state index contributed by atoms with van der Waals surface area (Å²) in [5.74, 6) is -2.00. The van der Waals surface area contributed by atoms with Gasteiger partial charge in [-0.1, -0.05) is 0 Å². The van der Waals surface area contributed by atoms with Crippen molar-refractivity contribution in [1.29, 1.82) is 0 Å². The van der Waals surface area contributed by atoms with Crippen LogP contribution < -0.4 is 15.5 Å². The van der Waals surface area contributed by atoms with Crippen LogP contribution >= 0.6 is 0 Å². The van der Waals surface area contributed by atoms with E-state index in [-0.39, 0.29) is 30.7 Å². The fraction of sp³-hybridized carbons (Fsp3) is 0.565. The van der Waals surface area contributed by atoms with E-state index in [1.165, 1.54) is 15.1 Å². The van der Waals surface area contributed by atoms with Gasteiger partial charge in [0.1, 0.15) is 5.52 Å². The zero-order valence-corrected chi connectivity index (χ0v) is 21.5. The summed E-state index contributed by atoms with van der Waals surface area (Å²) < 4.78 is 58.4. The van der Waals surface area contributed by atoms with Gasteiger partial charge in [0.25, 0.3) is 15.9 Å². The van der Waals surface area contributed by atoms with Crippen molar-refractivity contribution in [3.05, 3.63) is 30.2 Å². The van der Waals surface area contributed by atoms with E-state index in [1.807, 2.05) is 13.0 Å². The van der Waals surface area contributed by atoms with Crippen LogP contribution in [0.3, 0.4) is 0 Å². The minimum atomic E-state index is -3.64. The number of alkyl halides is 2. The van der Waals surface area contributed by atoms with Gasteiger partial charge in [0.05, 0.1) is 12.0 Å². The van der Waals surface area contributed by atoms with Gasteiger partial charge >= 0.3 is 0 Å². The zero-order valence-electron chi connectivity index (χ0n) is 20.7. The highest BCUT2D eigenvalue weighted by molar-refractivity contribution is 7.89. The maximum absolute atomic E-state index is 14.9. The quantitative estimate of drug-likeness (QED) is 0.501. The van der Waals surface area contributed by atoms with Crippen LogP contribution in [0, 0.1) is 12.3 Å². The normalized spacial score (nSPS) is 22.0. The second-order valence-electron chi connectivity index (χ2n) is 10.3. The fourth-order valence-electron chi connectivity index (χ4n) is 5.42. The number of nitrogens with zero attached hydrogens (tertiary/aromatic N) is 7. The number of aryl methyl sites for hydroxylation is 2. The summed E-state index contributed by atoms with van der Waals surface area (Å²) in [5, 5.41) is 11.1. The molecule has 3 aliphatic rings. The lowest BCUT2D eigenvalue weighted by atomic mass is 9.78. The van der Waals surface area contributed by atoms with Gasteiger partial charge in [-0.05, 0) is 31.9 Å². The van der Waals surface area contributed by atoms with Crippen LogP contribution in [0.25, 0.3) is 10.9 Å². The summed E-state index contributed by atoms with van der Waals surface area (Å²) in [7, 11) is -1.96. The molecule has 198 valence electrons. The molecule has 0 amide bonds. The summed E-state index contributed by atoms with van der Waals surface area (Å²) in [6, 6.07) is 3.31. The van der Waals surface area contributed by atoms with Crippen LogP contribution in [0.15, 0.2) is 29.6 Å². The molecule has 6 rings (SSSR count). The van der Waals surface area contributed by atoms with Crippen molar-refractivity contribution in [1.82, 2.24) is 34.4 Å². The van der Waals surface area contributed by atoms with E-state index in [0.717, 1.165) is 5.39 Å². The summed E-state index contributed by atoms with van der Waals surface area (Å²) in [6.45, 7) is 2.92. The van der Waals surface area contributed by atoms with Gasteiger partial charge in [0.15, 0.2) is 10.8 Å². The third kappa shape index (κ3) is 4.10. The molecular formula is C23H29F2N9O2S. The smallest absolute Gasteiger partial charge is 0.274 e. The molecule has 6 heterocycles. The number of hydrogen-bond acceptors (Lipinski definition) is 9. The van der Waals surface area contributed by atoms with E-state index in [2.05, 4.69) is 30.7 Å². The first kappa shape index (κ1) is 24.4. The number of pyridine rings is 1. The predicted molar refractivity (Wildman–Crippen MR) is 133 cm³/mol. The van der Waals surface area contributed by atoms with Gasteiger partial charge < -0.3 is 15.5 Å². The molecule has 3 aromatic rings. The van der Waals surface area contributed by atoms with Gasteiger partial charge in [0, 0.05) is 69.3 Å². The summed E-state index contributed by atoms with van der Waals surface area (Å²) >= 11 is 0. The third-order valence-corrected chi connectivity index (χ3v) is 9.43. The first-order valence-electron chi connectivity index (χ1n) is 12.3. The average Bonchev–Trinajstić information content (AvgIpc) is 3.39. The van der Waals surface area contributed by atoms with Gasteiger partial charge in [-0.3, -0.25) is 4.68 Å². The molecular weight excluding hydrogens is 504 g/mol. The Labute approximate surface area is 213 Å². The van der Waals surface area contributed by atoms with Crippen LogP contribution in [-0.4, -0.2) is 88.7 Å². The van der Waals surface area contributed by atoms with E-state index in [4.69, 9.17) is 0 Å². The zero-order chi connectivity index (χ0) is 26.0. The number of anilines is 2. The maximum Gasteiger partial charge on any atom is 0.274 e. The number of hydrogen-bond donors (Lipinski definition) is 2. The molecule has 0 unspecified atom stereocenters. The van der Waals surface area contributed by atoms with E-state index >= 15 is 0 Å². The van der Waals surface area contributed by atoms with E-state index in [0.29, 0.717) is 48.9 Å². The van der Waals surface area contributed by atoms with Crippen LogP contribution in [0.5, 0.6) is 0 Å². The van der Waals surface area contributed by atoms with E-state index in [9.17, 15) is 17.2 Å². The minimum Gasteiger partial charge on any atom is -0.351 e. The Morgan fingerprint density at radius 2 is 1.92 bits per heavy atom. The highest BCUT2D eigenvalue weighted by atomic mass is 32.2. The Hall–Kier alpha value is -2.97. The number of nitrogens with one attached hydrogen (secondary N) is 2. The number of aromatic nitrogens is 5. The molecule has 0 aromatic carbocycles. The molecule has 11 nitrogen and oxygen atoms in total. The number of sulfonamides is 1. The number of piperidine rings is 1. The van der Waals surface area contributed by atoms with Gasteiger partial charge in [-0.15, -0.1) is 0 Å². The minimum absolute atomic E-state index is 0.0325. The lowest BCUT2D eigenvalue weighted by Gasteiger charge is -2.42. The molecule has 37 heavy (non-hydrogen) atoms. The van der Waals surface area contributed by atoms with Gasteiger partial charge in [0.2, 0.25) is 5.95 Å². The number of fused-ring (bicyclic) bond motifs is 1. The van der Waals surface area contributed by atoms with Crippen molar-refractivity contribution in [3.63, 3.8) is 0 Å². The molecule has 14 heteroatoms. The second kappa shape index (κ2) is 8.53. The molecule has 3 aromatic heterocycles. The molecule has 0 bridgehead atoms. The molecule has 3 fully saturated rings. The first-order valence-corrected chi connectivity index (χ1v) is 13.7. The summed E-state index contributed by atoms with van der Waals surface area (Å²) in [6.07, 6.45) is 4.42. The van der Waals surface area contributed by atoms with Crippen LogP contribution in [0.2, 0.25) is 0 Å². The Bertz CT molecular complexity index is 1450. The van der Waals surface area contributed by atoms with E-state index < -0.39 is 27.9 Å². The SMILES string of the molecule is Cc1cc2cnc(NC3CCN(S(=O)(=O)c4ccn(C)n4)CC3)nc2c(N2CC(F)(F)C3(CNC3)C2)n1. The summed E-state index contributed by atoms with van der Waals surface area (Å²) in [5.41, 5.74) is 0.172. The topological polar surface area (TPSA) is 121 Å². The molecule has 0 saturated carbocycles. The Morgan fingerprint density at radius 3 is 2.54 bits per heavy atom. The van der Waals surface area contributed by atoms with E-state index in [1.54, 1.807) is 24.3 Å². The van der Waals surface area contributed by atoms with Crippen LogP contribution in [0.1, 0.15) is 18.5 Å². The highest BCUT2D eigenvalue weighted by Crippen LogP contribution is 2.48. The van der Waals surface area contributed by atoms with Gasteiger partial charge in [-0.25, -0.2) is 32.2 Å². The molecule has 0 radical (unpaired) electrons. The Morgan fingerprint density at radius 1 is 1.16 bits per heavy atom. The molecule has 0 atom stereocenters. The Balaban J connectivity index is 1.20. The average molecular weight is 534 g/mol. The van der Waals surface area contributed by atoms with Crippen molar-refractivity contribution in [2.24, 2.45) is 12.5 Å². The Kier molecular flexibility index (Phi) is 5.62. The van der Waals surface area contributed by atoms with Gasteiger partial charge in [-0.2, -0.15) is 9.40 Å². The van der Waals surface area contributed by atoms with Crippen molar-refractivity contribution >= 4 is 32.7 Å². The van der Waals surface area contributed by atoms with Crippen molar-refractivity contribution < 1.29 is 17.2 Å². The lowest BCUT2D eigenvalue weighted by Crippen LogP contribution is -2.62. The molecule has 2 N–H and O–H groups in total. The van der Waals surface area contributed by atoms with Crippen molar-refractivity contribution in [3.8, 4) is 0 Å². The second-order valence-corrected chi connectivity index (χ2v) is 12.2. The first-order chi connectivity index (χ1) is 17.6. The fourth-order valence-corrected chi connectivity index (χ4v) is 6.84. The molecule has 3 aliphatic heterocycles. The summed E-state index contributed by atoms with van der Waals surface area (Å²) in [4.78, 5) is 15.4. The number of halogens is 2. The largest absolute Gasteiger partial charge is 0.351 e. The van der Waals surface area contributed by atoms with Crippen LogP contribution in [-0.2, 0) is 17.1 Å². The van der Waals surface area contributed by atoms with Crippen LogP contribution in [0.4, 0.5) is 20.5 Å². The third-order valence-electron chi connectivity index (χ3n) is 7.64. The van der Waals surface area contributed by atoms with Crippen molar-refractivity contribution in [2.45, 2.75) is 36.8 Å². The maximum atomic E-state index is 14.9. The molecule has 1 spiro atoms. The predicted octanol–water partition coefficient (Wildman–Crippen LogP) is 1.38. The van der Waals surface area contributed by atoms with Crippen molar-refractivity contribution in [2.75, 3.05) is 49.5 Å². The monoisotopic (exact) mass is 533 g/mol. The lowest BCUT2D eigenvalue weighted by molar-refractivity contribution is -0.107.